The fourth-order valence-corrected chi connectivity index (χ4v) is 3.07. The van der Waals surface area contributed by atoms with Gasteiger partial charge in [-0.1, -0.05) is 12.1 Å². The van der Waals surface area contributed by atoms with Crippen LogP contribution in [0.3, 0.4) is 0 Å². The maximum atomic E-state index is 12.7. The monoisotopic (exact) mass is 340 g/mol. The van der Waals surface area contributed by atoms with Gasteiger partial charge in [0.15, 0.2) is 6.17 Å². The van der Waals surface area contributed by atoms with Gasteiger partial charge in [-0.2, -0.15) is 0 Å². The van der Waals surface area contributed by atoms with Crippen molar-refractivity contribution in [3.63, 3.8) is 0 Å². The Morgan fingerprint density at radius 2 is 1.76 bits per heavy atom. The Morgan fingerprint density at radius 1 is 1.00 bits per heavy atom. The molecule has 0 aromatic heterocycles. The van der Waals surface area contributed by atoms with E-state index < -0.39 is 34.8 Å². The summed E-state index contributed by atoms with van der Waals surface area (Å²) in [5.41, 5.74) is -0.210. The molecule has 10 heteroatoms. The van der Waals surface area contributed by atoms with Gasteiger partial charge in [0, 0.05) is 11.5 Å². The first-order chi connectivity index (χ1) is 11.9. The Balaban J connectivity index is 1.90. The van der Waals surface area contributed by atoms with Crippen LogP contribution in [-0.4, -0.2) is 39.7 Å². The highest BCUT2D eigenvalue weighted by Crippen LogP contribution is 2.35. The molecule has 0 spiro atoms. The molecule has 0 radical (unpaired) electrons. The van der Waals surface area contributed by atoms with Crippen molar-refractivity contribution in [3.05, 3.63) is 51.6 Å². The van der Waals surface area contributed by atoms with Gasteiger partial charge in [-0.15, -0.1) is 0 Å². The van der Waals surface area contributed by atoms with Gasteiger partial charge >= 0.3 is 6.03 Å². The number of fused-ring (bicyclic) bond motifs is 3. The molecule has 2 N–H and O–H groups in total. The average molecular weight is 340 g/mol. The normalized spacial score (nSPS) is 19.2. The lowest BCUT2D eigenvalue weighted by atomic mass is 9.99. The molecule has 5 amide bonds. The molecule has 1 unspecified atom stereocenters. The molecule has 2 aliphatic rings. The number of carbonyl (C=O) groups excluding carboxylic acids is 4. The lowest BCUT2D eigenvalue weighted by molar-refractivity contribution is -0.383. The highest BCUT2D eigenvalue weighted by atomic mass is 16.6. The van der Waals surface area contributed by atoms with E-state index in [2.05, 4.69) is 5.32 Å². The second-order valence-electron chi connectivity index (χ2n) is 5.46. The predicted molar refractivity (Wildman–Crippen MR) is 81.6 cm³/mol. The van der Waals surface area contributed by atoms with Crippen LogP contribution in [0.5, 0.6) is 0 Å². The number of urea groups is 1. The molecule has 2 aromatic carbocycles. The first kappa shape index (κ1) is 14.8. The van der Waals surface area contributed by atoms with E-state index in [-0.39, 0.29) is 27.6 Å². The van der Waals surface area contributed by atoms with Crippen molar-refractivity contribution in [1.29, 1.82) is 0 Å². The predicted octanol–water partition coefficient (Wildman–Crippen LogP) is 0.509. The Bertz CT molecular complexity index is 1030. The topological polar surface area (TPSA) is 139 Å². The Labute approximate surface area is 138 Å². The summed E-state index contributed by atoms with van der Waals surface area (Å²) in [5, 5.41) is 15.7. The van der Waals surface area contributed by atoms with Crippen molar-refractivity contribution in [1.82, 2.24) is 15.5 Å². The summed E-state index contributed by atoms with van der Waals surface area (Å²) in [6.45, 7) is 0. The zero-order chi connectivity index (χ0) is 17.9. The molecule has 0 saturated carbocycles. The van der Waals surface area contributed by atoms with Crippen LogP contribution in [0.1, 0.15) is 20.7 Å². The number of hydrogen-bond acceptors (Lipinski definition) is 6. The minimum absolute atomic E-state index is 0.0203. The van der Waals surface area contributed by atoms with Crippen molar-refractivity contribution in [3.8, 4) is 0 Å². The smallest absolute Gasteiger partial charge is 0.309 e. The van der Waals surface area contributed by atoms with Gasteiger partial charge in [0.1, 0.15) is 0 Å². The SMILES string of the molecule is O=C1NC(=O)C(N2C(=O)c3ccc4c([N+](=O)[O-])cccc4c3C2=O)N1. The molecule has 1 fully saturated rings. The number of nitro benzene ring substituents is 1. The number of non-ortho nitro benzene ring substituents is 1. The quantitative estimate of drug-likeness (QED) is 0.353. The van der Waals surface area contributed by atoms with E-state index in [4.69, 9.17) is 0 Å². The molecule has 0 aliphatic carbocycles. The number of hydrogen-bond donors (Lipinski definition) is 2. The Hall–Kier alpha value is -3.82. The minimum Gasteiger partial charge on any atom is -0.309 e. The molecule has 1 atom stereocenters. The van der Waals surface area contributed by atoms with Crippen molar-refractivity contribution in [2.75, 3.05) is 0 Å². The zero-order valence-electron chi connectivity index (χ0n) is 12.3. The van der Waals surface area contributed by atoms with Crippen molar-refractivity contribution in [2.24, 2.45) is 0 Å². The number of imide groups is 2. The standard InChI is InChI=1S/C15H8N4O6/c20-12-11(16-15(23)17-12)18-13(21)8-5-4-6-7(10(8)14(18)22)2-1-3-9(6)19(24)25/h1-5,11H,(H2,16,17,20,23). The average Bonchev–Trinajstić information content (AvgIpc) is 3.03. The maximum absolute atomic E-state index is 12.7. The molecular formula is C15H8N4O6. The van der Waals surface area contributed by atoms with Crippen LogP contribution in [0.4, 0.5) is 10.5 Å². The summed E-state index contributed by atoms with van der Waals surface area (Å²) in [6, 6.07) is 6.06. The van der Waals surface area contributed by atoms with Gasteiger partial charge in [0.05, 0.1) is 21.4 Å². The molecule has 1 saturated heterocycles. The summed E-state index contributed by atoms with van der Waals surface area (Å²) < 4.78 is 0. The Kier molecular flexibility index (Phi) is 2.85. The molecule has 10 nitrogen and oxygen atoms in total. The number of nitro groups is 1. The van der Waals surface area contributed by atoms with Crippen molar-refractivity contribution >= 4 is 40.2 Å². The third-order valence-corrected chi connectivity index (χ3v) is 4.13. The van der Waals surface area contributed by atoms with Crippen molar-refractivity contribution in [2.45, 2.75) is 6.17 Å². The third kappa shape index (κ3) is 1.90. The van der Waals surface area contributed by atoms with E-state index in [0.29, 0.717) is 4.90 Å². The molecule has 2 aliphatic heterocycles. The molecule has 2 aromatic rings. The molecule has 124 valence electrons. The molecule has 0 bridgehead atoms. The fourth-order valence-electron chi connectivity index (χ4n) is 3.07. The molecule has 2 heterocycles. The number of nitrogens with one attached hydrogen (secondary N) is 2. The van der Waals surface area contributed by atoms with Crippen LogP contribution >= 0.6 is 0 Å². The summed E-state index contributed by atoms with van der Waals surface area (Å²) in [4.78, 5) is 59.6. The number of carbonyl (C=O) groups is 4. The van der Waals surface area contributed by atoms with Gasteiger partial charge in [-0.05, 0) is 12.1 Å². The summed E-state index contributed by atoms with van der Waals surface area (Å²) in [7, 11) is 0. The summed E-state index contributed by atoms with van der Waals surface area (Å²) >= 11 is 0. The number of nitrogens with zero attached hydrogens (tertiary/aromatic N) is 2. The van der Waals surface area contributed by atoms with E-state index in [9.17, 15) is 29.3 Å². The highest BCUT2D eigenvalue weighted by molar-refractivity contribution is 6.28. The molecule has 25 heavy (non-hydrogen) atoms. The first-order valence-electron chi connectivity index (χ1n) is 7.09. The van der Waals surface area contributed by atoms with Gasteiger partial charge in [-0.25, -0.2) is 9.69 Å². The van der Waals surface area contributed by atoms with Crippen LogP contribution in [0.15, 0.2) is 30.3 Å². The second kappa shape index (κ2) is 4.84. The summed E-state index contributed by atoms with van der Waals surface area (Å²) in [5.74, 6) is -2.38. The van der Waals surface area contributed by atoms with Crippen molar-refractivity contribution < 1.29 is 24.1 Å². The lowest BCUT2D eigenvalue weighted by Crippen LogP contribution is -2.49. The van der Waals surface area contributed by atoms with Crippen LogP contribution < -0.4 is 10.6 Å². The van der Waals surface area contributed by atoms with Gasteiger partial charge in [0.2, 0.25) is 0 Å². The van der Waals surface area contributed by atoms with E-state index >= 15 is 0 Å². The van der Waals surface area contributed by atoms with E-state index in [1.54, 1.807) is 0 Å². The molecule has 4 rings (SSSR count). The van der Waals surface area contributed by atoms with Gasteiger partial charge < -0.3 is 5.32 Å². The van der Waals surface area contributed by atoms with E-state index in [1.807, 2.05) is 5.32 Å². The maximum Gasteiger partial charge on any atom is 0.323 e. The lowest BCUT2D eigenvalue weighted by Gasteiger charge is -2.18. The fraction of sp³-hybridized carbons (Fsp3) is 0.0667. The van der Waals surface area contributed by atoms with Crippen LogP contribution in [-0.2, 0) is 4.79 Å². The van der Waals surface area contributed by atoms with Crippen LogP contribution in [0, 0.1) is 10.1 Å². The highest BCUT2D eigenvalue weighted by Gasteiger charge is 2.47. The Morgan fingerprint density at radius 3 is 2.40 bits per heavy atom. The number of amides is 5. The van der Waals surface area contributed by atoms with Gasteiger partial charge in [0.25, 0.3) is 23.4 Å². The number of rotatable bonds is 2. The minimum atomic E-state index is -1.45. The van der Waals surface area contributed by atoms with Crippen LogP contribution in [0.25, 0.3) is 10.8 Å². The second-order valence-corrected chi connectivity index (χ2v) is 5.46. The number of benzene rings is 2. The van der Waals surface area contributed by atoms with Gasteiger partial charge in [-0.3, -0.25) is 29.8 Å². The van der Waals surface area contributed by atoms with E-state index in [0.717, 1.165) is 0 Å². The summed E-state index contributed by atoms with van der Waals surface area (Å²) in [6.07, 6.45) is -1.45. The molecular weight excluding hydrogens is 332 g/mol. The van der Waals surface area contributed by atoms with E-state index in [1.165, 1.54) is 30.3 Å². The zero-order valence-corrected chi connectivity index (χ0v) is 12.3. The first-order valence-corrected chi connectivity index (χ1v) is 7.09. The largest absolute Gasteiger partial charge is 0.323 e. The van der Waals surface area contributed by atoms with Crippen LogP contribution in [0.2, 0.25) is 0 Å². The third-order valence-electron chi connectivity index (χ3n) is 4.13.